The Kier molecular flexibility index (Phi) is 4.52. The Balaban J connectivity index is 1.49. The molecule has 1 saturated heterocycles. The number of amides is 1. The Morgan fingerprint density at radius 3 is 2.96 bits per heavy atom. The maximum Gasteiger partial charge on any atom is 0.222 e. The summed E-state index contributed by atoms with van der Waals surface area (Å²) in [5.41, 5.74) is 0.543. The van der Waals surface area contributed by atoms with Gasteiger partial charge in [-0.3, -0.25) is 4.79 Å². The summed E-state index contributed by atoms with van der Waals surface area (Å²) >= 11 is 0. The Hall–Kier alpha value is -2.47. The lowest BCUT2D eigenvalue weighted by atomic mass is 10.00. The third-order valence-electron chi connectivity index (χ3n) is 4.13. The number of H-pyrrole nitrogens is 1. The summed E-state index contributed by atoms with van der Waals surface area (Å²) in [5, 5.41) is 20.7. The van der Waals surface area contributed by atoms with Gasteiger partial charge in [0.15, 0.2) is 0 Å². The number of aromatic amines is 1. The van der Waals surface area contributed by atoms with Gasteiger partial charge in [-0.05, 0) is 12.0 Å². The average Bonchev–Trinajstić information content (AvgIpc) is 3.23. The molecule has 1 aromatic heterocycles. The summed E-state index contributed by atoms with van der Waals surface area (Å²) in [6.45, 7) is 0.825. The number of carbonyl (C=O) groups is 1. The van der Waals surface area contributed by atoms with Gasteiger partial charge in [-0.2, -0.15) is 15.4 Å². The van der Waals surface area contributed by atoms with Gasteiger partial charge >= 0.3 is 0 Å². The lowest BCUT2D eigenvalue weighted by Gasteiger charge is -2.20. The highest BCUT2D eigenvalue weighted by atomic mass is 16.3. The Morgan fingerprint density at radius 1 is 1.39 bits per heavy atom. The van der Waals surface area contributed by atoms with Crippen LogP contribution in [0.1, 0.15) is 30.5 Å². The number of benzene rings is 1. The van der Waals surface area contributed by atoms with Gasteiger partial charge in [0.1, 0.15) is 11.3 Å². The Labute approximate surface area is 134 Å². The highest BCUT2D eigenvalue weighted by Gasteiger charge is 2.41. The lowest BCUT2D eigenvalue weighted by Crippen LogP contribution is -2.34. The predicted molar refractivity (Wildman–Crippen MR) is 86.2 cm³/mol. The van der Waals surface area contributed by atoms with E-state index >= 15 is 0 Å². The molecule has 0 aliphatic carbocycles. The fraction of sp³-hybridized carbons (Fsp3) is 0.353. The smallest absolute Gasteiger partial charge is 0.222 e. The minimum absolute atomic E-state index is 0.0575. The number of likely N-dealkylation sites (tertiary alicyclic amines) is 1. The number of aliphatic hydroxyl groups is 1. The second-order valence-electron chi connectivity index (χ2n) is 5.80. The average molecular weight is 312 g/mol. The van der Waals surface area contributed by atoms with Crippen molar-refractivity contribution in [1.82, 2.24) is 20.3 Å². The number of aromatic nitrogens is 3. The molecule has 2 heterocycles. The van der Waals surface area contributed by atoms with E-state index in [1.165, 1.54) is 6.20 Å². The van der Waals surface area contributed by atoms with E-state index in [4.69, 9.17) is 0 Å². The summed E-state index contributed by atoms with van der Waals surface area (Å²) in [4.78, 5) is 14.0. The third kappa shape index (κ3) is 3.65. The van der Waals surface area contributed by atoms with Crippen LogP contribution in [0.5, 0.6) is 0 Å². The molecule has 6 nitrogen and oxygen atoms in total. The van der Waals surface area contributed by atoms with E-state index < -0.39 is 5.60 Å². The highest BCUT2D eigenvalue weighted by Crippen LogP contribution is 2.30. The SMILES string of the molecule is O=C(CCC=Cc1ccccc1)N1CCC(O)(c2cn[nH]n2)C1. The standard InChI is InChI=1S/C17H20N4O2/c22-16(9-5-4-8-14-6-2-1-3-7-14)21-11-10-17(23,13-21)15-12-18-20-19-15/h1-4,6-8,12,23H,5,9-11,13H2,(H,18,19,20). The molecule has 1 atom stereocenters. The van der Waals surface area contributed by atoms with Gasteiger partial charge in [0.05, 0.1) is 12.7 Å². The van der Waals surface area contributed by atoms with Crippen molar-refractivity contribution in [2.75, 3.05) is 13.1 Å². The first-order valence-electron chi connectivity index (χ1n) is 7.75. The van der Waals surface area contributed by atoms with Crippen molar-refractivity contribution < 1.29 is 9.90 Å². The number of hydrogen-bond acceptors (Lipinski definition) is 4. The summed E-state index contributed by atoms with van der Waals surface area (Å²) in [6, 6.07) is 10.00. The molecular weight excluding hydrogens is 292 g/mol. The van der Waals surface area contributed by atoms with Crippen LogP contribution >= 0.6 is 0 Å². The predicted octanol–water partition coefficient (Wildman–Crippen LogP) is 1.72. The van der Waals surface area contributed by atoms with Crippen molar-refractivity contribution in [3.63, 3.8) is 0 Å². The van der Waals surface area contributed by atoms with Crippen LogP contribution in [0.25, 0.3) is 6.08 Å². The van der Waals surface area contributed by atoms with E-state index in [0.29, 0.717) is 31.5 Å². The van der Waals surface area contributed by atoms with Gasteiger partial charge in [-0.1, -0.05) is 42.5 Å². The van der Waals surface area contributed by atoms with Gasteiger partial charge in [0, 0.05) is 19.4 Å². The van der Waals surface area contributed by atoms with E-state index in [9.17, 15) is 9.90 Å². The monoisotopic (exact) mass is 312 g/mol. The van der Waals surface area contributed by atoms with Crippen LogP contribution in [0.4, 0.5) is 0 Å². The van der Waals surface area contributed by atoms with Crippen molar-refractivity contribution in [2.45, 2.75) is 24.9 Å². The van der Waals surface area contributed by atoms with Gasteiger partial charge in [-0.25, -0.2) is 0 Å². The maximum absolute atomic E-state index is 12.3. The summed E-state index contributed by atoms with van der Waals surface area (Å²) in [6.07, 6.45) is 7.16. The topological polar surface area (TPSA) is 82.1 Å². The van der Waals surface area contributed by atoms with Crippen LogP contribution in [0, 0.1) is 0 Å². The zero-order chi connectivity index (χ0) is 16.1. The highest BCUT2D eigenvalue weighted by molar-refractivity contribution is 5.77. The van der Waals surface area contributed by atoms with Crippen molar-refractivity contribution in [3.05, 3.63) is 53.9 Å². The molecule has 0 saturated carbocycles. The van der Waals surface area contributed by atoms with Crippen LogP contribution in [-0.2, 0) is 10.4 Å². The first-order chi connectivity index (χ1) is 11.2. The first kappa shape index (κ1) is 15.4. The molecule has 23 heavy (non-hydrogen) atoms. The molecule has 3 rings (SSSR count). The molecule has 1 amide bonds. The fourth-order valence-electron chi connectivity index (χ4n) is 2.79. The molecule has 6 heteroatoms. The molecule has 1 unspecified atom stereocenters. The van der Waals surface area contributed by atoms with Gasteiger partial charge in [-0.15, -0.1) is 0 Å². The fourth-order valence-corrected chi connectivity index (χ4v) is 2.79. The zero-order valence-electron chi connectivity index (χ0n) is 12.9. The molecule has 0 bridgehead atoms. The van der Waals surface area contributed by atoms with Crippen molar-refractivity contribution in [2.24, 2.45) is 0 Å². The largest absolute Gasteiger partial charge is 0.381 e. The van der Waals surface area contributed by atoms with E-state index in [1.54, 1.807) is 4.90 Å². The summed E-state index contributed by atoms with van der Waals surface area (Å²) < 4.78 is 0. The van der Waals surface area contributed by atoms with Crippen LogP contribution in [0.3, 0.4) is 0 Å². The van der Waals surface area contributed by atoms with E-state index in [2.05, 4.69) is 15.4 Å². The summed E-state index contributed by atoms with van der Waals surface area (Å²) in [7, 11) is 0. The Bertz CT molecular complexity index is 669. The molecule has 0 radical (unpaired) electrons. The minimum atomic E-state index is -1.08. The number of nitrogens with one attached hydrogen (secondary N) is 1. The van der Waals surface area contributed by atoms with Gasteiger partial charge in [0.2, 0.25) is 5.91 Å². The maximum atomic E-state index is 12.3. The van der Waals surface area contributed by atoms with Crippen molar-refractivity contribution in [3.8, 4) is 0 Å². The number of β-amino-alcohol motifs (C(OH)–C–C–N with tert-alkyl or cyclic N) is 1. The minimum Gasteiger partial charge on any atom is -0.381 e. The van der Waals surface area contributed by atoms with E-state index in [1.807, 2.05) is 42.5 Å². The number of hydrogen-bond donors (Lipinski definition) is 2. The van der Waals surface area contributed by atoms with Crippen LogP contribution in [0.15, 0.2) is 42.6 Å². The molecule has 2 N–H and O–H groups in total. The van der Waals surface area contributed by atoms with Crippen LogP contribution < -0.4 is 0 Å². The number of carbonyl (C=O) groups excluding carboxylic acids is 1. The number of rotatable bonds is 5. The van der Waals surface area contributed by atoms with Gasteiger partial charge in [0.25, 0.3) is 0 Å². The Morgan fingerprint density at radius 2 is 2.22 bits per heavy atom. The normalized spacial score (nSPS) is 21.2. The molecule has 0 spiro atoms. The molecule has 1 aromatic carbocycles. The molecule has 1 aliphatic rings. The van der Waals surface area contributed by atoms with E-state index in [-0.39, 0.29) is 12.5 Å². The second-order valence-corrected chi connectivity index (χ2v) is 5.80. The summed E-state index contributed by atoms with van der Waals surface area (Å²) in [5.74, 6) is 0.0575. The molecule has 1 aliphatic heterocycles. The van der Waals surface area contributed by atoms with E-state index in [0.717, 1.165) is 5.56 Å². The number of allylic oxidation sites excluding steroid dienone is 1. The molecule has 120 valence electrons. The van der Waals surface area contributed by atoms with Crippen LogP contribution in [-0.4, -0.2) is 44.4 Å². The quantitative estimate of drug-likeness (QED) is 0.880. The molecule has 2 aromatic rings. The lowest BCUT2D eigenvalue weighted by molar-refractivity contribution is -0.131. The van der Waals surface area contributed by atoms with Crippen LogP contribution in [0.2, 0.25) is 0 Å². The van der Waals surface area contributed by atoms with Gasteiger partial charge < -0.3 is 10.0 Å². The van der Waals surface area contributed by atoms with Crippen molar-refractivity contribution >= 4 is 12.0 Å². The first-order valence-corrected chi connectivity index (χ1v) is 7.75. The molecular formula is C17H20N4O2. The second kappa shape index (κ2) is 6.75. The number of nitrogens with zero attached hydrogens (tertiary/aromatic N) is 3. The zero-order valence-corrected chi connectivity index (χ0v) is 12.9. The van der Waals surface area contributed by atoms with Crippen molar-refractivity contribution in [1.29, 1.82) is 0 Å². The molecule has 1 fully saturated rings. The third-order valence-corrected chi connectivity index (χ3v) is 4.13.